The van der Waals surface area contributed by atoms with E-state index in [1.54, 1.807) is 0 Å². The maximum Gasteiger partial charge on any atom is 0.128 e. The lowest BCUT2D eigenvalue weighted by Gasteiger charge is -2.18. The standard InChI is InChI=1S/C15H16N2S/c1-15(2,3)11-6-4-10(5-7-11)13-8-12(17)14(9-16)18-13/h4-8H,17H2,1-3H3. The summed E-state index contributed by atoms with van der Waals surface area (Å²) in [6.07, 6.45) is 0. The van der Waals surface area contributed by atoms with E-state index >= 15 is 0 Å². The lowest BCUT2D eigenvalue weighted by Crippen LogP contribution is -2.10. The Morgan fingerprint density at radius 3 is 2.22 bits per heavy atom. The van der Waals surface area contributed by atoms with E-state index in [1.165, 1.54) is 16.9 Å². The van der Waals surface area contributed by atoms with Crippen LogP contribution in [0.4, 0.5) is 5.69 Å². The zero-order valence-corrected chi connectivity index (χ0v) is 11.6. The number of nitrogen functional groups attached to an aromatic ring is 1. The average Bonchev–Trinajstić information content (AvgIpc) is 2.69. The summed E-state index contributed by atoms with van der Waals surface area (Å²) in [7, 11) is 0. The molecule has 92 valence electrons. The first-order chi connectivity index (χ1) is 8.41. The summed E-state index contributed by atoms with van der Waals surface area (Å²) in [5.74, 6) is 0. The van der Waals surface area contributed by atoms with Gasteiger partial charge in [-0.2, -0.15) is 5.26 Å². The van der Waals surface area contributed by atoms with Crippen LogP contribution < -0.4 is 5.73 Å². The molecule has 0 radical (unpaired) electrons. The molecule has 2 N–H and O–H groups in total. The number of hydrogen-bond donors (Lipinski definition) is 1. The van der Waals surface area contributed by atoms with E-state index < -0.39 is 0 Å². The molecule has 0 amide bonds. The van der Waals surface area contributed by atoms with E-state index in [0.717, 1.165) is 10.4 Å². The summed E-state index contributed by atoms with van der Waals surface area (Å²) in [6, 6.07) is 12.4. The Balaban J connectivity index is 2.38. The second kappa shape index (κ2) is 4.47. The fourth-order valence-corrected chi connectivity index (χ4v) is 2.65. The molecule has 1 aromatic carbocycles. The van der Waals surface area contributed by atoms with Gasteiger partial charge in [0.15, 0.2) is 0 Å². The van der Waals surface area contributed by atoms with Crippen LogP contribution >= 0.6 is 11.3 Å². The van der Waals surface area contributed by atoms with Crippen LogP contribution in [0.25, 0.3) is 10.4 Å². The average molecular weight is 256 g/mol. The normalized spacial score (nSPS) is 11.2. The number of benzene rings is 1. The second-order valence-corrected chi connectivity index (χ2v) is 6.39. The molecular weight excluding hydrogens is 240 g/mol. The first kappa shape index (κ1) is 12.7. The molecule has 0 saturated carbocycles. The van der Waals surface area contributed by atoms with Crippen molar-refractivity contribution in [2.24, 2.45) is 0 Å². The SMILES string of the molecule is CC(C)(C)c1ccc(-c2cc(N)c(C#N)s2)cc1. The summed E-state index contributed by atoms with van der Waals surface area (Å²) in [6.45, 7) is 6.58. The summed E-state index contributed by atoms with van der Waals surface area (Å²) < 4.78 is 0. The maximum absolute atomic E-state index is 8.91. The van der Waals surface area contributed by atoms with Crippen molar-refractivity contribution in [2.45, 2.75) is 26.2 Å². The molecule has 3 heteroatoms. The van der Waals surface area contributed by atoms with Gasteiger partial charge in [-0.15, -0.1) is 11.3 Å². The Bertz CT molecular complexity index is 595. The van der Waals surface area contributed by atoms with Gasteiger partial charge >= 0.3 is 0 Å². The number of rotatable bonds is 1. The molecular formula is C15H16N2S. The van der Waals surface area contributed by atoms with Crippen molar-refractivity contribution in [3.05, 3.63) is 40.8 Å². The lowest BCUT2D eigenvalue weighted by atomic mass is 9.86. The molecule has 0 unspecified atom stereocenters. The number of nitrogens with two attached hydrogens (primary N) is 1. The number of nitrogens with zero attached hydrogens (tertiary/aromatic N) is 1. The highest BCUT2D eigenvalue weighted by molar-refractivity contribution is 7.16. The van der Waals surface area contributed by atoms with Crippen molar-refractivity contribution in [1.29, 1.82) is 5.26 Å². The minimum Gasteiger partial charge on any atom is -0.397 e. The molecule has 18 heavy (non-hydrogen) atoms. The van der Waals surface area contributed by atoms with Gasteiger partial charge in [-0.3, -0.25) is 0 Å². The molecule has 2 aromatic rings. The molecule has 0 aliphatic carbocycles. The van der Waals surface area contributed by atoms with E-state index in [9.17, 15) is 0 Å². The van der Waals surface area contributed by atoms with Gasteiger partial charge in [0.05, 0.1) is 5.69 Å². The van der Waals surface area contributed by atoms with Gasteiger partial charge in [0.25, 0.3) is 0 Å². The fourth-order valence-electron chi connectivity index (χ4n) is 1.77. The van der Waals surface area contributed by atoms with E-state index in [1.807, 2.05) is 6.07 Å². The van der Waals surface area contributed by atoms with Crippen LogP contribution in [0.2, 0.25) is 0 Å². The van der Waals surface area contributed by atoms with Crippen molar-refractivity contribution >= 4 is 17.0 Å². The highest BCUT2D eigenvalue weighted by Gasteiger charge is 2.14. The third kappa shape index (κ3) is 2.39. The Morgan fingerprint density at radius 1 is 1.17 bits per heavy atom. The number of thiophene rings is 1. The minimum absolute atomic E-state index is 0.158. The van der Waals surface area contributed by atoms with Gasteiger partial charge in [0, 0.05) is 4.88 Å². The predicted octanol–water partition coefficient (Wildman–Crippen LogP) is 4.17. The number of anilines is 1. The van der Waals surface area contributed by atoms with Crippen LogP contribution in [0, 0.1) is 11.3 Å². The van der Waals surface area contributed by atoms with Crippen LogP contribution in [0.5, 0.6) is 0 Å². The second-order valence-electron chi connectivity index (χ2n) is 5.33. The first-order valence-electron chi connectivity index (χ1n) is 5.82. The highest BCUT2D eigenvalue weighted by Crippen LogP contribution is 2.33. The quantitative estimate of drug-likeness (QED) is 0.832. The Morgan fingerprint density at radius 2 is 1.78 bits per heavy atom. The summed E-state index contributed by atoms with van der Waals surface area (Å²) in [5, 5.41) is 8.91. The summed E-state index contributed by atoms with van der Waals surface area (Å²) in [5.41, 5.74) is 8.92. The van der Waals surface area contributed by atoms with Crippen LogP contribution in [-0.2, 0) is 5.41 Å². The van der Waals surface area contributed by atoms with E-state index in [0.29, 0.717) is 10.6 Å². The molecule has 2 nitrogen and oxygen atoms in total. The van der Waals surface area contributed by atoms with Crippen LogP contribution in [0.15, 0.2) is 30.3 Å². The molecule has 0 saturated heterocycles. The molecule has 0 atom stereocenters. The molecule has 0 aliphatic rings. The smallest absolute Gasteiger partial charge is 0.128 e. The fraction of sp³-hybridized carbons (Fsp3) is 0.267. The molecule has 0 fully saturated rings. The van der Waals surface area contributed by atoms with Gasteiger partial charge in [-0.25, -0.2) is 0 Å². The third-order valence-corrected chi connectivity index (χ3v) is 4.00. The number of hydrogen-bond acceptors (Lipinski definition) is 3. The Kier molecular flexibility index (Phi) is 3.14. The zero-order valence-electron chi connectivity index (χ0n) is 10.8. The molecule has 0 spiro atoms. The number of nitriles is 1. The third-order valence-electron chi connectivity index (χ3n) is 2.90. The van der Waals surface area contributed by atoms with Crippen molar-refractivity contribution in [3.8, 4) is 16.5 Å². The van der Waals surface area contributed by atoms with Crippen LogP contribution in [-0.4, -0.2) is 0 Å². The van der Waals surface area contributed by atoms with E-state index in [4.69, 9.17) is 11.0 Å². The van der Waals surface area contributed by atoms with Crippen molar-refractivity contribution in [3.63, 3.8) is 0 Å². The van der Waals surface area contributed by atoms with Crippen LogP contribution in [0.1, 0.15) is 31.2 Å². The summed E-state index contributed by atoms with van der Waals surface area (Å²) in [4.78, 5) is 1.63. The van der Waals surface area contributed by atoms with Gasteiger partial charge < -0.3 is 5.73 Å². The van der Waals surface area contributed by atoms with Gasteiger partial charge in [-0.05, 0) is 22.6 Å². The van der Waals surface area contributed by atoms with E-state index in [2.05, 4.69) is 51.1 Å². The minimum atomic E-state index is 0.158. The molecule has 1 heterocycles. The molecule has 2 rings (SSSR count). The van der Waals surface area contributed by atoms with E-state index in [-0.39, 0.29) is 5.41 Å². The first-order valence-corrected chi connectivity index (χ1v) is 6.64. The lowest BCUT2D eigenvalue weighted by molar-refractivity contribution is 0.590. The van der Waals surface area contributed by atoms with Crippen molar-refractivity contribution in [1.82, 2.24) is 0 Å². The molecule has 0 bridgehead atoms. The van der Waals surface area contributed by atoms with Crippen molar-refractivity contribution in [2.75, 3.05) is 5.73 Å². The molecule has 1 aromatic heterocycles. The van der Waals surface area contributed by atoms with Gasteiger partial charge in [0.2, 0.25) is 0 Å². The predicted molar refractivity (Wildman–Crippen MR) is 77.6 cm³/mol. The van der Waals surface area contributed by atoms with Crippen molar-refractivity contribution < 1.29 is 0 Å². The monoisotopic (exact) mass is 256 g/mol. The molecule has 0 aliphatic heterocycles. The zero-order chi connectivity index (χ0) is 13.3. The maximum atomic E-state index is 8.91. The Labute approximate surface area is 112 Å². The summed E-state index contributed by atoms with van der Waals surface area (Å²) >= 11 is 1.44. The largest absolute Gasteiger partial charge is 0.397 e. The van der Waals surface area contributed by atoms with Gasteiger partial charge in [-0.1, -0.05) is 45.0 Å². The highest BCUT2D eigenvalue weighted by atomic mass is 32.1. The van der Waals surface area contributed by atoms with Crippen LogP contribution in [0.3, 0.4) is 0 Å². The van der Waals surface area contributed by atoms with Gasteiger partial charge in [0.1, 0.15) is 10.9 Å². The topological polar surface area (TPSA) is 49.8 Å². The Hall–Kier alpha value is -1.79.